The first-order valence-electron chi connectivity index (χ1n) is 5.59. The summed E-state index contributed by atoms with van der Waals surface area (Å²) in [7, 11) is -3.57. The molecule has 0 aliphatic heterocycles. The molecule has 0 fully saturated rings. The zero-order valence-corrected chi connectivity index (χ0v) is 11.6. The second kappa shape index (κ2) is 6.33. The quantitative estimate of drug-likeness (QED) is 0.869. The summed E-state index contributed by atoms with van der Waals surface area (Å²) in [5, 5.41) is 0.190. The van der Waals surface area contributed by atoms with Crippen LogP contribution in [0.3, 0.4) is 0 Å². The number of aromatic nitrogens is 1. The Balaban J connectivity index is 2.79. The van der Waals surface area contributed by atoms with Gasteiger partial charge in [0, 0.05) is 18.4 Å². The molecule has 1 N–H and O–H groups in total. The topological polar surface area (TPSA) is 59.1 Å². The van der Waals surface area contributed by atoms with Crippen LogP contribution in [0.25, 0.3) is 0 Å². The smallest absolute Gasteiger partial charge is 0.243 e. The minimum Gasteiger partial charge on any atom is -0.263 e. The summed E-state index contributed by atoms with van der Waals surface area (Å²) < 4.78 is 26.6. The third-order valence-electron chi connectivity index (χ3n) is 2.37. The lowest BCUT2D eigenvalue weighted by Crippen LogP contribution is -2.32. The van der Waals surface area contributed by atoms with Gasteiger partial charge in [-0.05, 0) is 19.4 Å². The van der Waals surface area contributed by atoms with Gasteiger partial charge in [0.25, 0.3) is 0 Å². The van der Waals surface area contributed by atoms with E-state index in [1.807, 2.05) is 6.92 Å². The molecule has 1 unspecified atom stereocenters. The van der Waals surface area contributed by atoms with Crippen LogP contribution in [0, 0.1) is 0 Å². The van der Waals surface area contributed by atoms with Crippen molar-refractivity contribution < 1.29 is 8.42 Å². The molecule has 0 bridgehead atoms. The normalized spacial score (nSPS) is 13.6. The molecule has 17 heavy (non-hydrogen) atoms. The summed E-state index contributed by atoms with van der Waals surface area (Å²) in [5.41, 5.74) is 0. The first kappa shape index (κ1) is 14.4. The van der Waals surface area contributed by atoms with Gasteiger partial charge < -0.3 is 0 Å². The van der Waals surface area contributed by atoms with Gasteiger partial charge in [-0.1, -0.05) is 31.4 Å². The van der Waals surface area contributed by atoms with Crippen molar-refractivity contribution in [1.29, 1.82) is 0 Å². The third kappa shape index (κ3) is 4.26. The molecule has 1 heterocycles. The minimum absolute atomic E-state index is 0.0324. The molecule has 4 nitrogen and oxygen atoms in total. The second-order valence-corrected chi connectivity index (χ2v) is 6.06. The Bertz CT molecular complexity index is 462. The van der Waals surface area contributed by atoms with E-state index >= 15 is 0 Å². The van der Waals surface area contributed by atoms with Gasteiger partial charge in [-0.2, -0.15) is 0 Å². The van der Waals surface area contributed by atoms with E-state index in [-0.39, 0.29) is 16.0 Å². The van der Waals surface area contributed by atoms with Crippen LogP contribution < -0.4 is 4.72 Å². The predicted molar refractivity (Wildman–Crippen MR) is 68.6 cm³/mol. The van der Waals surface area contributed by atoms with Gasteiger partial charge in [-0.3, -0.25) is 4.98 Å². The zero-order valence-electron chi connectivity index (χ0n) is 9.98. The summed E-state index contributed by atoms with van der Waals surface area (Å²) in [4.78, 5) is 3.81. The van der Waals surface area contributed by atoms with Crippen molar-refractivity contribution in [3.63, 3.8) is 0 Å². The first-order valence-corrected chi connectivity index (χ1v) is 7.45. The molecule has 0 saturated carbocycles. The maximum atomic E-state index is 12.0. The number of hydrogen-bond donors (Lipinski definition) is 1. The molecule has 96 valence electrons. The first-order chi connectivity index (χ1) is 7.97. The fraction of sp³-hybridized carbons (Fsp3) is 0.545. The second-order valence-electron chi connectivity index (χ2n) is 3.97. The number of sulfonamides is 1. The standard InChI is InChI=1S/C11H17ClN2O2S/c1-3-4-5-9(2)14-17(15,16)11-8-13-7-6-10(11)12/h6-9,14H,3-5H2,1-2H3. The van der Waals surface area contributed by atoms with E-state index in [0.29, 0.717) is 0 Å². The summed E-state index contributed by atoms with van der Waals surface area (Å²) in [5.74, 6) is 0. The lowest BCUT2D eigenvalue weighted by molar-refractivity contribution is 0.534. The van der Waals surface area contributed by atoms with Crippen molar-refractivity contribution >= 4 is 21.6 Å². The van der Waals surface area contributed by atoms with Gasteiger partial charge in [-0.25, -0.2) is 13.1 Å². The molecule has 0 amide bonds. The van der Waals surface area contributed by atoms with Crippen molar-refractivity contribution in [2.24, 2.45) is 0 Å². The number of unbranched alkanes of at least 4 members (excludes halogenated alkanes) is 1. The molecular formula is C11H17ClN2O2S. The van der Waals surface area contributed by atoms with E-state index in [9.17, 15) is 8.42 Å². The Kier molecular flexibility index (Phi) is 5.36. The Morgan fingerprint density at radius 2 is 2.24 bits per heavy atom. The van der Waals surface area contributed by atoms with E-state index in [4.69, 9.17) is 11.6 Å². The van der Waals surface area contributed by atoms with Crippen molar-refractivity contribution in [1.82, 2.24) is 9.71 Å². The van der Waals surface area contributed by atoms with Crippen molar-refractivity contribution in [2.75, 3.05) is 0 Å². The average molecular weight is 277 g/mol. The lowest BCUT2D eigenvalue weighted by atomic mass is 10.2. The number of pyridine rings is 1. The molecule has 0 aromatic carbocycles. The molecule has 1 rings (SSSR count). The number of rotatable bonds is 6. The number of halogens is 1. The van der Waals surface area contributed by atoms with E-state index in [2.05, 4.69) is 16.6 Å². The average Bonchev–Trinajstić information content (AvgIpc) is 2.26. The maximum absolute atomic E-state index is 12.0. The molecule has 0 saturated heterocycles. The highest BCUT2D eigenvalue weighted by atomic mass is 35.5. The van der Waals surface area contributed by atoms with Crippen LogP contribution >= 0.6 is 11.6 Å². The van der Waals surface area contributed by atoms with Gasteiger partial charge in [0.1, 0.15) is 4.90 Å². The Morgan fingerprint density at radius 1 is 1.53 bits per heavy atom. The highest BCUT2D eigenvalue weighted by molar-refractivity contribution is 7.89. The molecule has 0 spiro atoms. The number of nitrogens with one attached hydrogen (secondary N) is 1. The summed E-state index contributed by atoms with van der Waals surface area (Å²) in [6, 6.07) is 1.36. The SMILES string of the molecule is CCCCC(C)NS(=O)(=O)c1cnccc1Cl. The van der Waals surface area contributed by atoms with Gasteiger partial charge >= 0.3 is 0 Å². The van der Waals surface area contributed by atoms with Crippen LogP contribution in [-0.2, 0) is 10.0 Å². The molecule has 0 radical (unpaired) electrons. The largest absolute Gasteiger partial charge is 0.263 e. The predicted octanol–water partition coefficient (Wildman–Crippen LogP) is 2.59. The summed E-state index contributed by atoms with van der Waals surface area (Å²) >= 11 is 5.84. The van der Waals surface area contributed by atoms with E-state index in [1.54, 1.807) is 0 Å². The lowest BCUT2D eigenvalue weighted by Gasteiger charge is -2.14. The Hall–Kier alpha value is -0.650. The highest BCUT2D eigenvalue weighted by Gasteiger charge is 2.20. The fourth-order valence-corrected chi connectivity index (χ4v) is 3.17. The number of nitrogens with zero attached hydrogens (tertiary/aromatic N) is 1. The van der Waals surface area contributed by atoms with Crippen LogP contribution in [0.4, 0.5) is 0 Å². The van der Waals surface area contributed by atoms with Crippen molar-refractivity contribution in [3.8, 4) is 0 Å². The van der Waals surface area contributed by atoms with Crippen LogP contribution in [0.15, 0.2) is 23.4 Å². The summed E-state index contributed by atoms with van der Waals surface area (Å²) in [6.45, 7) is 3.91. The van der Waals surface area contributed by atoms with Crippen LogP contribution in [0.5, 0.6) is 0 Å². The van der Waals surface area contributed by atoms with E-state index < -0.39 is 10.0 Å². The summed E-state index contributed by atoms with van der Waals surface area (Å²) in [6.07, 6.45) is 5.57. The van der Waals surface area contributed by atoms with E-state index in [0.717, 1.165) is 19.3 Å². The molecular weight excluding hydrogens is 260 g/mol. The molecule has 1 aromatic heterocycles. The van der Waals surface area contributed by atoms with Gasteiger partial charge in [0.15, 0.2) is 0 Å². The van der Waals surface area contributed by atoms with Crippen LogP contribution in [-0.4, -0.2) is 19.4 Å². The fourth-order valence-electron chi connectivity index (χ4n) is 1.46. The van der Waals surface area contributed by atoms with Crippen LogP contribution in [0.2, 0.25) is 5.02 Å². The van der Waals surface area contributed by atoms with Gasteiger partial charge in [0.05, 0.1) is 5.02 Å². The van der Waals surface area contributed by atoms with E-state index in [1.165, 1.54) is 18.5 Å². The Morgan fingerprint density at radius 3 is 2.82 bits per heavy atom. The minimum atomic E-state index is -3.57. The number of hydrogen-bond acceptors (Lipinski definition) is 3. The zero-order chi connectivity index (χ0) is 12.9. The molecule has 1 atom stereocenters. The van der Waals surface area contributed by atoms with Crippen molar-refractivity contribution in [3.05, 3.63) is 23.5 Å². The monoisotopic (exact) mass is 276 g/mol. The maximum Gasteiger partial charge on any atom is 0.243 e. The Labute approximate surface area is 107 Å². The van der Waals surface area contributed by atoms with Crippen molar-refractivity contribution in [2.45, 2.75) is 44.0 Å². The third-order valence-corrected chi connectivity index (χ3v) is 4.43. The highest BCUT2D eigenvalue weighted by Crippen LogP contribution is 2.19. The molecule has 0 aliphatic rings. The van der Waals surface area contributed by atoms with Gasteiger partial charge in [0.2, 0.25) is 10.0 Å². The molecule has 6 heteroatoms. The molecule has 1 aromatic rings. The molecule has 0 aliphatic carbocycles. The van der Waals surface area contributed by atoms with Gasteiger partial charge in [-0.15, -0.1) is 0 Å². The van der Waals surface area contributed by atoms with Crippen LogP contribution in [0.1, 0.15) is 33.1 Å².